The Balaban J connectivity index is 2.16. The topological polar surface area (TPSA) is 81.5 Å². The van der Waals surface area contributed by atoms with E-state index in [1.165, 1.54) is 18.2 Å². The van der Waals surface area contributed by atoms with Crippen LogP contribution in [-0.4, -0.2) is 11.0 Å². The van der Waals surface area contributed by atoms with Gasteiger partial charge >= 0.3 is 6.09 Å². The predicted octanol–water partition coefficient (Wildman–Crippen LogP) is 5.77. The van der Waals surface area contributed by atoms with Crippen molar-refractivity contribution in [3.8, 4) is 0 Å². The minimum absolute atomic E-state index is 0.00847. The highest BCUT2D eigenvalue weighted by Crippen LogP contribution is 2.30. The summed E-state index contributed by atoms with van der Waals surface area (Å²) in [4.78, 5) is 22.5. The number of anilines is 1. The number of ether oxygens (including phenoxy) is 1. The van der Waals surface area contributed by atoms with Crippen molar-refractivity contribution in [1.29, 1.82) is 0 Å². The second kappa shape index (κ2) is 7.58. The van der Waals surface area contributed by atoms with Crippen LogP contribution in [0.1, 0.15) is 31.9 Å². The fourth-order valence-corrected chi connectivity index (χ4v) is 2.51. The minimum Gasteiger partial charge on any atom is -0.438 e. The average molecular weight is 375 g/mol. The number of hydrogen-bond donors (Lipinski definition) is 1. The number of amides is 1. The lowest BCUT2D eigenvalue weighted by Crippen LogP contribution is -2.28. The van der Waals surface area contributed by atoms with E-state index >= 15 is 0 Å². The van der Waals surface area contributed by atoms with Gasteiger partial charge in [0.05, 0.1) is 10.6 Å². The fourth-order valence-electron chi connectivity index (χ4n) is 2.32. The molecule has 1 N–H and O–H groups in total. The van der Waals surface area contributed by atoms with E-state index in [0.717, 1.165) is 16.7 Å². The molecule has 0 fully saturated rings. The Labute approximate surface area is 156 Å². The Hall–Kier alpha value is -2.86. The number of halogens is 1. The van der Waals surface area contributed by atoms with Crippen molar-refractivity contribution in [2.75, 3.05) is 5.32 Å². The van der Waals surface area contributed by atoms with Crippen LogP contribution in [-0.2, 0) is 10.3 Å². The summed E-state index contributed by atoms with van der Waals surface area (Å²) < 4.78 is 5.51. The molecule has 0 atom stereocenters. The van der Waals surface area contributed by atoms with Crippen LogP contribution >= 0.6 is 11.6 Å². The molecule has 0 bridgehead atoms. The van der Waals surface area contributed by atoms with Crippen LogP contribution in [0.4, 0.5) is 16.2 Å². The van der Waals surface area contributed by atoms with Crippen molar-refractivity contribution in [2.24, 2.45) is 0 Å². The van der Waals surface area contributed by atoms with E-state index in [0.29, 0.717) is 0 Å². The molecule has 2 aromatic carbocycles. The van der Waals surface area contributed by atoms with Gasteiger partial charge in [-0.3, -0.25) is 15.4 Å². The van der Waals surface area contributed by atoms with Gasteiger partial charge in [0, 0.05) is 6.07 Å². The van der Waals surface area contributed by atoms with E-state index in [9.17, 15) is 14.9 Å². The first-order valence-corrected chi connectivity index (χ1v) is 8.18. The smallest absolute Gasteiger partial charge is 0.412 e. The van der Waals surface area contributed by atoms with Crippen molar-refractivity contribution in [3.63, 3.8) is 0 Å². The Morgan fingerprint density at radius 2 is 1.96 bits per heavy atom. The van der Waals surface area contributed by atoms with Crippen LogP contribution in [0.2, 0.25) is 5.02 Å². The zero-order valence-corrected chi connectivity index (χ0v) is 15.5. The lowest BCUT2D eigenvalue weighted by molar-refractivity contribution is -0.384. The molecule has 0 aliphatic carbocycles. The van der Waals surface area contributed by atoms with Crippen LogP contribution in [0, 0.1) is 10.1 Å². The van der Waals surface area contributed by atoms with Gasteiger partial charge in [0.1, 0.15) is 10.6 Å². The third-order valence-electron chi connectivity index (χ3n) is 3.79. The molecule has 0 aliphatic heterocycles. The Kier molecular flexibility index (Phi) is 5.67. The second-order valence-electron chi connectivity index (χ2n) is 6.31. The molecule has 1 amide bonds. The molecule has 0 radical (unpaired) electrons. The van der Waals surface area contributed by atoms with Crippen LogP contribution < -0.4 is 5.32 Å². The average Bonchev–Trinajstić information content (AvgIpc) is 2.56. The summed E-state index contributed by atoms with van der Waals surface area (Å²) in [6.07, 6.45) is -0.729. The minimum atomic E-state index is -0.909. The highest BCUT2D eigenvalue weighted by molar-refractivity contribution is 6.32. The summed E-state index contributed by atoms with van der Waals surface area (Å²) in [5, 5.41) is 13.4. The molecule has 26 heavy (non-hydrogen) atoms. The van der Waals surface area contributed by atoms with Crippen molar-refractivity contribution in [3.05, 3.63) is 75.3 Å². The summed E-state index contributed by atoms with van der Waals surface area (Å²) >= 11 is 5.76. The number of nitrogens with one attached hydrogen (secondary N) is 1. The molecule has 0 heterocycles. The number of nitrogens with zero attached hydrogens (tertiary/aromatic N) is 1. The zero-order chi connectivity index (χ0) is 19.5. The van der Waals surface area contributed by atoms with Crippen molar-refractivity contribution >= 4 is 34.6 Å². The number of nitro groups is 1. The third kappa shape index (κ3) is 4.61. The third-order valence-corrected chi connectivity index (χ3v) is 4.11. The Bertz CT molecular complexity index is 878. The van der Waals surface area contributed by atoms with Gasteiger partial charge in [-0.25, -0.2) is 4.79 Å². The molecule has 0 saturated heterocycles. The van der Waals surface area contributed by atoms with Gasteiger partial charge in [0.15, 0.2) is 0 Å². The molecule has 0 aliphatic rings. The molecule has 136 valence electrons. The Morgan fingerprint density at radius 1 is 1.27 bits per heavy atom. The first kappa shape index (κ1) is 19.5. The van der Waals surface area contributed by atoms with Gasteiger partial charge in [-0.05, 0) is 50.1 Å². The van der Waals surface area contributed by atoms with Crippen molar-refractivity contribution in [2.45, 2.75) is 26.4 Å². The number of carbonyl (C=O) groups excluding carboxylic acids is 1. The second-order valence-corrected chi connectivity index (χ2v) is 6.72. The van der Waals surface area contributed by atoms with Gasteiger partial charge in [-0.1, -0.05) is 42.0 Å². The molecular weight excluding hydrogens is 356 g/mol. The lowest BCUT2D eigenvalue weighted by atomic mass is 9.94. The maximum atomic E-state index is 12.2. The Morgan fingerprint density at radius 3 is 2.58 bits per heavy atom. The molecule has 0 spiro atoms. The first-order chi connectivity index (χ1) is 12.1. The summed E-state index contributed by atoms with van der Waals surface area (Å²) in [6.45, 7) is 9.32. The van der Waals surface area contributed by atoms with Gasteiger partial charge in [0.25, 0.3) is 5.69 Å². The van der Waals surface area contributed by atoms with E-state index in [-0.39, 0.29) is 16.4 Å². The number of hydrogen-bond acceptors (Lipinski definition) is 4. The van der Waals surface area contributed by atoms with Gasteiger partial charge < -0.3 is 4.74 Å². The van der Waals surface area contributed by atoms with Gasteiger partial charge in [0.2, 0.25) is 0 Å². The SMILES string of the molecule is C=C(C)c1cccc(C(C)(C)OC(=O)Nc2ccc(Cl)c([N+](=O)[O-])c2)c1. The normalized spacial score (nSPS) is 10.9. The van der Waals surface area contributed by atoms with Crippen LogP contribution in [0.3, 0.4) is 0 Å². The van der Waals surface area contributed by atoms with Gasteiger partial charge in [-0.2, -0.15) is 0 Å². The summed E-state index contributed by atoms with van der Waals surface area (Å²) in [5.74, 6) is 0. The number of benzene rings is 2. The standard InChI is InChI=1S/C19H19ClN2O4/c1-12(2)13-6-5-7-14(10-13)19(3,4)26-18(23)21-15-8-9-16(20)17(11-15)22(24)25/h5-11H,1H2,2-4H3,(H,21,23). The van der Waals surface area contributed by atoms with Gasteiger partial charge in [-0.15, -0.1) is 0 Å². The lowest BCUT2D eigenvalue weighted by Gasteiger charge is -2.26. The molecule has 2 aromatic rings. The maximum absolute atomic E-state index is 12.2. The monoisotopic (exact) mass is 374 g/mol. The zero-order valence-electron chi connectivity index (χ0n) is 14.7. The predicted molar refractivity (Wildman–Crippen MR) is 102 cm³/mol. The number of allylic oxidation sites excluding steroid dienone is 1. The van der Waals surface area contributed by atoms with E-state index < -0.39 is 16.6 Å². The first-order valence-electron chi connectivity index (χ1n) is 7.80. The molecule has 0 aromatic heterocycles. The van der Waals surface area contributed by atoms with Crippen molar-refractivity contribution in [1.82, 2.24) is 0 Å². The molecule has 0 unspecified atom stereocenters. The highest BCUT2D eigenvalue weighted by atomic mass is 35.5. The largest absolute Gasteiger partial charge is 0.438 e. The van der Waals surface area contributed by atoms with E-state index in [1.54, 1.807) is 13.8 Å². The fraction of sp³-hybridized carbons (Fsp3) is 0.211. The molecule has 0 saturated carbocycles. The van der Waals surface area contributed by atoms with E-state index in [2.05, 4.69) is 11.9 Å². The van der Waals surface area contributed by atoms with Crippen LogP contribution in [0.15, 0.2) is 49.0 Å². The molecular formula is C19H19ClN2O4. The number of carbonyl (C=O) groups is 1. The summed E-state index contributed by atoms with van der Waals surface area (Å²) in [7, 11) is 0. The molecule has 2 rings (SSSR count). The molecule has 6 nitrogen and oxygen atoms in total. The summed E-state index contributed by atoms with van der Waals surface area (Å²) in [6, 6.07) is 11.5. The quantitative estimate of drug-likeness (QED) is 0.532. The highest BCUT2D eigenvalue weighted by Gasteiger charge is 2.26. The van der Waals surface area contributed by atoms with Crippen molar-refractivity contribution < 1.29 is 14.5 Å². The number of rotatable bonds is 5. The van der Waals surface area contributed by atoms with Crippen LogP contribution in [0.5, 0.6) is 0 Å². The van der Waals surface area contributed by atoms with E-state index in [1.807, 2.05) is 31.2 Å². The molecule has 7 heteroatoms. The van der Waals surface area contributed by atoms with Crippen LogP contribution in [0.25, 0.3) is 5.57 Å². The maximum Gasteiger partial charge on any atom is 0.412 e. The summed E-state index contributed by atoms with van der Waals surface area (Å²) in [5.41, 5.74) is 1.67. The number of nitro benzene ring substituents is 1. The van der Waals surface area contributed by atoms with E-state index in [4.69, 9.17) is 16.3 Å².